The van der Waals surface area contributed by atoms with Crippen LogP contribution in [0.4, 0.5) is 5.95 Å². The fraction of sp³-hybridized carbons (Fsp3) is 0.435. The molecule has 160 valence electrons. The summed E-state index contributed by atoms with van der Waals surface area (Å²) in [4.78, 5) is 24.0. The summed E-state index contributed by atoms with van der Waals surface area (Å²) in [6, 6.07) is 8.60. The first-order chi connectivity index (χ1) is 14.5. The molecule has 1 fully saturated rings. The number of hydrogen-bond donors (Lipinski definition) is 1. The number of aromatic nitrogens is 3. The fourth-order valence-corrected chi connectivity index (χ4v) is 4.38. The number of aryl methyl sites for hydroxylation is 1. The molecule has 8 heteroatoms. The Hall–Kier alpha value is -1.93. The van der Waals surface area contributed by atoms with Crippen molar-refractivity contribution in [2.75, 3.05) is 38.1 Å². The van der Waals surface area contributed by atoms with Crippen molar-refractivity contribution in [3.05, 3.63) is 54.0 Å². The van der Waals surface area contributed by atoms with Crippen molar-refractivity contribution in [1.82, 2.24) is 19.4 Å². The minimum absolute atomic E-state index is 0. The van der Waals surface area contributed by atoms with Gasteiger partial charge in [-0.15, -0.1) is 0 Å². The summed E-state index contributed by atoms with van der Waals surface area (Å²) in [6.07, 6.45) is 8.29. The second-order valence-electron chi connectivity index (χ2n) is 8.30. The first-order valence-corrected chi connectivity index (χ1v) is 10.5. The number of carboxylic acid groups (broad SMARTS) is 1. The van der Waals surface area contributed by atoms with Crippen molar-refractivity contribution in [3.8, 4) is 0 Å². The van der Waals surface area contributed by atoms with Gasteiger partial charge in [0.25, 0.3) is 0 Å². The molecule has 0 aliphatic carbocycles. The molecule has 1 N–H and O–H groups in total. The fourth-order valence-electron chi connectivity index (χ4n) is 4.38. The largest absolute Gasteiger partial charge is 1.00 e. The van der Waals surface area contributed by atoms with Crippen LogP contribution in [0.15, 0.2) is 42.9 Å². The molecule has 0 atom stereocenters. The Balaban J connectivity index is 0.00000181. The molecule has 2 aromatic heterocycles. The molecule has 1 saturated heterocycles. The third-order valence-corrected chi connectivity index (χ3v) is 6.09. The molecular formula is C23H30N5NaO2. The van der Waals surface area contributed by atoms with E-state index >= 15 is 0 Å². The van der Waals surface area contributed by atoms with Crippen LogP contribution in [-0.4, -0.2) is 63.7 Å². The number of aromatic carboxylic acids is 1. The molecule has 0 amide bonds. The Labute approximate surface area is 206 Å². The second-order valence-corrected chi connectivity index (χ2v) is 8.30. The van der Waals surface area contributed by atoms with Gasteiger partial charge in [-0.3, -0.25) is 0 Å². The van der Waals surface area contributed by atoms with Crippen LogP contribution in [-0.2, 0) is 13.5 Å². The number of likely N-dealkylation sites (N-methyl/N-ethyl adjacent to an activating group) is 1. The minimum atomic E-state index is -0.994. The number of anilines is 1. The smallest absolute Gasteiger partial charge is 1.00 e. The van der Waals surface area contributed by atoms with Gasteiger partial charge in [-0.2, -0.15) is 0 Å². The number of fused-ring (bicyclic) bond motifs is 1. The van der Waals surface area contributed by atoms with Crippen molar-refractivity contribution >= 4 is 22.8 Å². The van der Waals surface area contributed by atoms with Crippen LogP contribution >= 0.6 is 0 Å². The van der Waals surface area contributed by atoms with Gasteiger partial charge in [-0.1, -0.05) is 18.2 Å². The molecule has 0 saturated carbocycles. The van der Waals surface area contributed by atoms with Crippen LogP contribution in [0, 0.1) is 5.92 Å². The first kappa shape index (κ1) is 23.7. The Kier molecular flexibility index (Phi) is 8.11. The molecule has 3 heterocycles. The molecule has 3 aromatic rings. The van der Waals surface area contributed by atoms with Gasteiger partial charge in [-0.05, 0) is 43.9 Å². The van der Waals surface area contributed by atoms with Gasteiger partial charge in [0.15, 0.2) is 0 Å². The summed E-state index contributed by atoms with van der Waals surface area (Å²) in [6.45, 7) is 3.97. The first-order valence-electron chi connectivity index (χ1n) is 10.5. The molecule has 1 aromatic carbocycles. The van der Waals surface area contributed by atoms with E-state index in [1.807, 2.05) is 0 Å². The van der Waals surface area contributed by atoms with Gasteiger partial charge in [0.05, 0.1) is 5.56 Å². The molecule has 31 heavy (non-hydrogen) atoms. The van der Waals surface area contributed by atoms with E-state index in [1.54, 1.807) is 0 Å². The van der Waals surface area contributed by atoms with Crippen molar-refractivity contribution in [2.24, 2.45) is 13.0 Å². The van der Waals surface area contributed by atoms with Crippen molar-refractivity contribution in [1.29, 1.82) is 0 Å². The minimum Gasteiger partial charge on any atom is -1.00 e. The summed E-state index contributed by atoms with van der Waals surface area (Å²) in [5, 5.41) is 10.3. The van der Waals surface area contributed by atoms with Gasteiger partial charge in [0.1, 0.15) is 0 Å². The monoisotopic (exact) mass is 431 g/mol. The SMILES string of the molecule is CN(CCc1cn(C)c2ccccc12)CC1CCN(c2ncc(C(=O)O)cn2)CC1.[H-].[Na+]. The summed E-state index contributed by atoms with van der Waals surface area (Å²) >= 11 is 0. The average Bonchev–Trinajstić information content (AvgIpc) is 3.09. The van der Waals surface area contributed by atoms with E-state index < -0.39 is 5.97 Å². The molecule has 0 spiro atoms. The number of carboxylic acids is 1. The van der Waals surface area contributed by atoms with Crippen molar-refractivity contribution in [2.45, 2.75) is 19.3 Å². The van der Waals surface area contributed by atoms with Crippen molar-refractivity contribution in [3.63, 3.8) is 0 Å². The van der Waals surface area contributed by atoms with E-state index in [1.165, 1.54) is 28.9 Å². The Morgan fingerprint density at radius 1 is 1.23 bits per heavy atom. The maximum absolute atomic E-state index is 10.9. The standard InChI is InChI=1S/C23H29N5O2.Na.H/c1-26(10-9-18-16-27(2)21-6-4-3-5-20(18)21)15-17-7-11-28(12-8-17)23-24-13-19(14-25-23)22(29)30;;/h3-6,13-14,16-17H,7-12,15H2,1-2H3,(H,29,30);;/q;+1;-1. The predicted octanol–water partition coefficient (Wildman–Crippen LogP) is 0.174. The maximum Gasteiger partial charge on any atom is 1.00 e. The molecule has 7 nitrogen and oxygen atoms in total. The summed E-state index contributed by atoms with van der Waals surface area (Å²) in [5.74, 6) is 0.298. The summed E-state index contributed by atoms with van der Waals surface area (Å²) in [5.41, 5.74) is 2.83. The number of benzene rings is 1. The zero-order chi connectivity index (χ0) is 21.1. The van der Waals surface area contributed by atoms with E-state index in [0.29, 0.717) is 11.9 Å². The van der Waals surface area contributed by atoms with Gasteiger partial charge in [0, 0.05) is 62.7 Å². The number of para-hydroxylation sites is 1. The van der Waals surface area contributed by atoms with Crippen LogP contribution in [0.5, 0.6) is 0 Å². The molecule has 0 bridgehead atoms. The zero-order valence-electron chi connectivity index (χ0n) is 19.7. The number of hydrogen-bond acceptors (Lipinski definition) is 5. The molecule has 1 aliphatic rings. The maximum atomic E-state index is 10.9. The Morgan fingerprint density at radius 3 is 2.58 bits per heavy atom. The van der Waals surface area contributed by atoms with E-state index in [2.05, 4.69) is 68.9 Å². The molecular weight excluding hydrogens is 401 g/mol. The number of nitrogens with zero attached hydrogens (tertiary/aromatic N) is 5. The average molecular weight is 432 g/mol. The normalized spacial score (nSPS) is 14.7. The molecule has 0 radical (unpaired) electrons. The van der Waals surface area contributed by atoms with Gasteiger partial charge in [-0.25, -0.2) is 14.8 Å². The van der Waals surface area contributed by atoms with Crippen LogP contribution in [0.1, 0.15) is 30.2 Å². The van der Waals surface area contributed by atoms with Crippen LogP contribution in [0.3, 0.4) is 0 Å². The van der Waals surface area contributed by atoms with Crippen LogP contribution in [0.2, 0.25) is 0 Å². The third kappa shape index (κ3) is 5.66. The quantitative estimate of drug-likeness (QED) is 0.538. The summed E-state index contributed by atoms with van der Waals surface area (Å²) < 4.78 is 2.21. The number of rotatable bonds is 7. The predicted molar refractivity (Wildman–Crippen MR) is 119 cm³/mol. The van der Waals surface area contributed by atoms with Gasteiger partial charge < -0.3 is 20.9 Å². The van der Waals surface area contributed by atoms with Crippen LogP contribution in [0.25, 0.3) is 10.9 Å². The number of carbonyl (C=O) groups is 1. The Bertz CT molecular complexity index is 1020. The van der Waals surface area contributed by atoms with E-state index in [0.717, 1.165) is 45.4 Å². The number of piperidine rings is 1. The third-order valence-electron chi connectivity index (χ3n) is 6.09. The van der Waals surface area contributed by atoms with Crippen LogP contribution < -0.4 is 34.5 Å². The van der Waals surface area contributed by atoms with E-state index in [-0.39, 0.29) is 36.5 Å². The topological polar surface area (TPSA) is 74.5 Å². The van der Waals surface area contributed by atoms with Crippen molar-refractivity contribution < 1.29 is 40.9 Å². The van der Waals surface area contributed by atoms with Gasteiger partial charge in [0.2, 0.25) is 5.95 Å². The second kappa shape index (κ2) is 10.6. The molecule has 4 rings (SSSR count). The molecule has 1 aliphatic heterocycles. The van der Waals surface area contributed by atoms with E-state index in [9.17, 15) is 4.79 Å². The zero-order valence-corrected chi connectivity index (χ0v) is 20.7. The van der Waals surface area contributed by atoms with Gasteiger partial charge >= 0.3 is 35.5 Å². The molecule has 0 unspecified atom stereocenters. The van der Waals surface area contributed by atoms with E-state index in [4.69, 9.17) is 5.11 Å². The Morgan fingerprint density at radius 2 is 1.90 bits per heavy atom. The summed E-state index contributed by atoms with van der Waals surface area (Å²) in [7, 11) is 4.33.